The van der Waals surface area contributed by atoms with Crippen LogP contribution < -0.4 is 5.32 Å². The van der Waals surface area contributed by atoms with E-state index in [9.17, 15) is 18.7 Å². The fourth-order valence-corrected chi connectivity index (χ4v) is 7.06. The van der Waals surface area contributed by atoms with Crippen molar-refractivity contribution >= 4 is 44.4 Å². The number of hydrogen-bond acceptors (Lipinski definition) is 9. The molecule has 2 atom stereocenters. The van der Waals surface area contributed by atoms with Crippen molar-refractivity contribution in [3.8, 4) is 0 Å². The lowest BCUT2D eigenvalue weighted by Crippen LogP contribution is -2.43. The number of nitrogens with zero attached hydrogens (tertiary/aromatic N) is 4. The molecule has 0 bridgehead atoms. The number of carbonyl (C=O) groups is 1. The number of aromatic nitrogens is 4. The summed E-state index contributed by atoms with van der Waals surface area (Å²) in [5.74, 6) is -1.84. The molecule has 9 nitrogen and oxygen atoms in total. The molecule has 6 rings (SSSR count). The predicted octanol–water partition coefficient (Wildman–Crippen LogP) is 5.54. The average molecular weight is 624 g/mol. The highest BCUT2D eigenvalue weighted by molar-refractivity contribution is 8.00. The Hall–Kier alpha value is -3.75. The Bertz CT molecular complexity index is 1680. The van der Waals surface area contributed by atoms with Crippen LogP contribution in [-0.4, -0.2) is 54.5 Å². The van der Waals surface area contributed by atoms with E-state index >= 15 is 0 Å². The van der Waals surface area contributed by atoms with Gasteiger partial charge in [-0.3, -0.25) is 10.1 Å². The lowest BCUT2D eigenvalue weighted by atomic mass is 9.90. The second kappa shape index (κ2) is 12.5. The monoisotopic (exact) mass is 623 g/mol. The number of para-hydroxylation sites is 1. The molecule has 1 saturated heterocycles. The third-order valence-electron chi connectivity index (χ3n) is 7.16. The van der Waals surface area contributed by atoms with Gasteiger partial charge >= 0.3 is 0 Å². The third kappa shape index (κ3) is 6.45. The second-order valence-corrected chi connectivity index (χ2v) is 12.8. The number of aliphatic hydroxyl groups is 1. The van der Waals surface area contributed by atoms with Gasteiger partial charge in [0.15, 0.2) is 11.4 Å². The quantitative estimate of drug-likeness (QED) is 0.220. The number of amides is 1. The standard InChI is InChI=1S/C30H27F2N5O4S2/c1-18(30(39,15-37-17-33-16-34-37)23-11-10-21(31)12-24(23)32)42-22-13-40-28(41-14-22)20-8-6-19(7-9-20)27(38)36-29-35-25-4-2-3-5-26(25)43-29/h2-12,16-18,22,28,39H,13-15H2,1H3,(H,35,36,38)/t18-,22-,28-,30-/m1/s1. The summed E-state index contributed by atoms with van der Waals surface area (Å²) in [5.41, 5.74) is 0.296. The number of thioether (sulfide) groups is 1. The van der Waals surface area contributed by atoms with Crippen molar-refractivity contribution in [2.75, 3.05) is 18.5 Å². The molecule has 2 aromatic heterocycles. The van der Waals surface area contributed by atoms with E-state index < -0.39 is 28.8 Å². The Labute approximate surface area is 253 Å². The molecule has 3 aromatic carbocycles. The second-order valence-electron chi connectivity index (χ2n) is 10.1. The highest BCUT2D eigenvalue weighted by Gasteiger charge is 2.41. The smallest absolute Gasteiger partial charge is 0.257 e. The van der Waals surface area contributed by atoms with Crippen LogP contribution in [0, 0.1) is 11.6 Å². The molecular weight excluding hydrogens is 596 g/mol. The van der Waals surface area contributed by atoms with Crippen LogP contribution in [0.3, 0.4) is 0 Å². The van der Waals surface area contributed by atoms with Gasteiger partial charge in [0.1, 0.15) is 29.9 Å². The first kappa shape index (κ1) is 29.3. The fraction of sp³-hybridized carbons (Fsp3) is 0.267. The van der Waals surface area contributed by atoms with Gasteiger partial charge in [-0.2, -0.15) is 5.10 Å². The van der Waals surface area contributed by atoms with Crippen molar-refractivity contribution in [2.24, 2.45) is 0 Å². The summed E-state index contributed by atoms with van der Waals surface area (Å²) in [6, 6.07) is 17.8. The molecule has 0 unspecified atom stereocenters. The van der Waals surface area contributed by atoms with E-state index in [1.807, 2.05) is 24.3 Å². The van der Waals surface area contributed by atoms with Gasteiger partial charge in [-0.25, -0.2) is 23.4 Å². The molecule has 1 amide bonds. The molecule has 2 N–H and O–H groups in total. The number of ether oxygens (including phenoxy) is 2. The minimum absolute atomic E-state index is 0.0350. The van der Waals surface area contributed by atoms with Crippen LogP contribution in [0.2, 0.25) is 0 Å². The number of benzene rings is 3. The maximum absolute atomic E-state index is 14.9. The molecule has 13 heteroatoms. The molecule has 0 saturated carbocycles. The highest BCUT2D eigenvalue weighted by atomic mass is 32.2. The summed E-state index contributed by atoms with van der Waals surface area (Å²) in [6.07, 6.45) is 2.12. The zero-order valence-electron chi connectivity index (χ0n) is 22.9. The normalized spacial score (nSPS) is 19.2. The van der Waals surface area contributed by atoms with Crippen molar-refractivity contribution in [1.29, 1.82) is 0 Å². The van der Waals surface area contributed by atoms with E-state index in [4.69, 9.17) is 9.47 Å². The Morgan fingerprint density at radius 1 is 1.16 bits per heavy atom. The maximum atomic E-state index is 14.9. The van der Waals surface area contributed by atoms with E-state index in [0.29, 0.717) is 23.9 Å². The molecule has 43 heavy (non-hydrogen) atoms. The van der Waals surface area contributed by atoms with Gasteiger partial charge in [-0.05, 0) is 30.3 Å². The first-order chi connectivity index (χ1) is 20.8. The Morgan fingerprint density at radius 2 is 1.93 bits per heavy atom. The Kier molecular flexibility index (Phi) is 8.50. The molecule has 0 aliphatic carbocycles. The summed E-state index contributed by atoms with van der Waals surface area (Å²) in [4.78, 5) is 21.1. The Morgan fingerprint density at radius 3 is 2.63 bits per heavy atom. The number of nitrogens with one attached hydrogen (secondary N) is 1. The van der Waals surface area contributed by atoms with Crippen LogP contribution in [0.15, 0.2) is 79.4 Å². The zero-order chi connectivity index (χ0) is 30.0. The van der Waals surface area contributed by atoms with Gasteiger partial charge in [0, 0.05) is 28.0 Å². The summed E-state index contributed by atoms with van der Waals surface area (Å²) in [6.45, 7) is 2.31. The van der Waals surface area contributed by atoms with E-state index in [1.54, 1.807) is 31.2 Å². The van der Waals surface area contributed by atoms with Crippen molar-refractivity contribution in [3.63, 3.8) is 0 Å². The van der Waals surface area contributed by atoms with Crippen LogP contribution in [0.1, 0.15) is 34.7 Å². The largest absolute Gasteiger partial charge is 0.382 e. The van der Waals surface area contributed by atoms with Gasteiger partial charge in [0.25, 0.3) is 5.91 Å². The predicted molar refractivity (Wildman–Crippen MR) is 160 cm³/mol. The van der Waals surface area contributed by atoms with Gasteiger partial charge in [0.05, 0.1) is 35.2 Å². The molecule has 0 radical (unpaired) electrons. The summed E-state index contributed by atoms with van der Waals surface area (Å²) >= 11 is 2.79. The summed E-state index contributed by atoms with van der Waals surface area (Å²) in [5, 5.41) is 18.5. The summed E-state index contributed by atoms with van der Waals surface area (Å²) in [7, 11) is 0. The molecule has 1 fully saturated rings. The van der Waals surface area contributed by atoms with Crippen LogP contribution in [-0.2, 0) is 21.6 Å². The van der Waals surface area contributed by atoms with Crippen molar-refractivity contribution in [1.82, 2.24) is 19.7 Å². The SMILES string of the molecule is C[C@@H](S[C@H]1CO[C@H](c2ccc(C(=O)Nc3nc4ccccc4s3)cc2)OC1)[C@](O)(Cn1cncn1)c1ccc(F)cc1F. The Balaban J connectivity index is 1.07. The minimum Gasteiger partial charge on any atom is -0.382 e. The summed E-state index contributed by atoms with van der Waals surface area (Å²) < 4.78 is 42.9. The lowest BCUT2D eigenvalue weighted by molar-refractivity contribution is -0.180. The van der Waals surface area contributed by atoms with Gasteiger partial charge in [-0.15, -0.1) is 11.8 Å². The topological polar surface area (TPSA) is 111 Å². The molecule has 3 heterocycles. The van der Waals surface area contributed by atoms with Gasteiger partial charge in [0.2, 0.25) is 0 Å². The fourth-order valence-electron chi connectivity index (χ4n) is 4.88. The number of rotatable bonds is 9. The van der Waals surface area contributed by atoms with E-state index in [1.165, 1.54) is 46.5 Å². The van der Waals surface area contributed by atoms with Crippen LogP contribution in [0.4, 0.5) is 13.9 Å². The number of fused-ring (bicyclic) bond motifs is 1. The number of hydrogen-bond donors (Lipinski definition) is 2. The maximum Gasteiger partial charge on any atom is 0.257 e. The molecule has 222 valence electrons. The van der Waals surface area contributed by atoms with Gasteiger partial charge < -0.3 is 14.6 Å². The molecular formula is C30H27F2N5O4S2. The first-order valence-electron chi connectivity index (χ1n) is 13.4. The van der Waals surface area contributed by atoms with Crippen LogP contribution in [0.25, 0.3) is 10.2 Å². The van der Waals surface area contributed by atoms with E-state index in [0.717, 1.165) is 27.9 Å². The van der Waals surface area contributed by atoms with Crippen LogP contribution in [0.5, 0.6) is 0 Å². The van der Waals surface area contributed by atoms with Crippen molar-refractivity contribution < 1.29 is 28.2 Å². The number of halogens is 2. The molecule has 1 aliphatic rings. The van der Waals surface area contributed by atoms with Crippen molar-refractivity contribution in [3.05, 3.63) is 108 Å². The van der Waals surface area contributed by atoms with Gasteiger partial charge in [-0.1, -0.05) is 48.6 Å². The zero-order valence-corrected chi connectivity index (χ0v) is 24.5. The third-order valence-corrected chi connectivity index (χ3v) is 9.57. The average Bonchev–Trinajstić information content (AvgIpc) is 3.67. The number of carbonyl (C=O) groups excluding carboxylic acids is 1. The number of thiazole rings is 1. The van der Waals surface area contributed by atoms with E-state index in [2.05, 4.69) is 20.4 Å². The number of anilines is 1. The van der Waals surface area contributed by atoms with Crippen molar-refractivity contribution in [2.45, 2.75) is 35.9 Å². The minimum atomic E-state index is -1.73. The molecule has 1 aliphatic heterocycles. The van der Waals surface area contributed by atoms with Crippen LogP contribution >= 0.6 is 23.1 Å². The first-order valence-corrected chi connectivity index (χ1v) is 15.2. The molecule has 5 aromatic rings. The lowest BCUT2D eigenvalue weighted by Gasteiger charge is -2.37. The highest BCUT2D eigenvalue weighted by Crippen LogP contribution is 2.39. The molecule has 0 spiro atoms. The van der Waals surface area contributed by atoms with E-state index in [-0.39, 0.29) is 23.3 Å².